The fraction of sp³-hybridized carbons (Fsp3) is 0.200. The van der Waals surface area contributed by atoms with Crippen LogP contribution in [-0.2, 0) is 0 Å². The number of rotatable bonds is 6. The van der Waals surface area contributed by atoms with E-state index in [1.54, 1.807) is 27.2 Å². The number of nitrogens with zero attached hydrogens (tertiary/aromatic N) is 2. The third kappa shape index (κ3) is 8.43. The SMILES string of the molecule is CC=C(C#N)Oc1cc(I)c(OC)cc1I.COc1cc(I)c(OCC#N)cc1I. The normalized spacial score (nSPS) is 10.1. The van der Waals surface area contributed by atoms with Crippen molar-refractivity contribution in [2.75, 3.05) is 20.8 Å². The van der Waals surface area contributed by atoms with Crippen LogP contribution in [0.15, 0.2) is 36.1 Å². The molecule has 2 aromatic carbocycles. The van der Waals surface area contributed by atoms with Crippen molar-refractivity contribution >= 4 is 90.4 Å². The van der Waals surface area contributed by atoms with Gasteiger partial charge >= 0.3 is 0 Å². The predicted octanol–water partition coefficient (Wildman–Crippen LogP) is 6.52. The monoisotopic (exact) mass is 856 g/mol. The summed E-state index contributed by atoms with van der Waals surface area (Å²) in [6.45, 7) is 1.83. The van der Waals surface area contributed by atoms with Crippen molar-refractivity contribution in [3.63, 3.8) is 0 Å². The lowest BCUT2D eigenvalue weighted by Gasteiger charge is -2.09. The molecule has 0 aliphatic carbocycles. The quantitative estimate of drug-likeness (QED) is 0.187. The van der Waals surface area contributed by atoms with Crippen LogP contribution in [0.1, 0.15) is 6.92 Å². The molecule has 0 fully saturated rings. The molecule has 0 aromatic heterocycles. The van der Waals surface area contributed by atoms with Crippen LogP contribution in [0.5, 0.6) is 23.0 Å². The fourth-order valence-corrected chi connectivity index (χ4v) is 4.36. The Morgan fingerprint density at radius 1 is 0.833 bits per heavy atom. The van der Waals surface area contributed by atoms with Crippen LogP contribution in [0.25, 0.3) is 0 Å². The van der Waals surface area contributed by atoms with Crippen LogP contribution in [0.3, 0.4) is 0 Å². The molecule has 158 valence electrons. The van der Waals surface area contributed by atoms with Crippen LogP contribution in [0.4, 0.5) is 0 Å². The number of hydrogen-bond acceptors (Lipinski definition) is 6. The number of allylic oxidation sites excluding steroid dienone is 2. The molecular formula is C20H16I4N2O4. The summed E-state index contributed by atoms with van der Waals surface area (Å²) >= 11 is 8.62. The van der Waals surface area contributed by atoms with Crippen LogP contribution in [0, 0.1) is 36.9 Å². The molecule has 0 heterocycles. The fourth-order valence-electron chi connectivity index (χ4n) is 1.90. The predicted molar refractivity (Wildman–Crippen MR) is 148 cm³/mol. The van der Waals surface area contributed by atoms with Crippen LogP contribution in [0.2, 0.25) is 0 Å². The summed E-state index contributed by atoms with van der Waals surface area (Å²) in [7, 11) is 3.25. The maximum atomic E-state index is 8.78. The number of halogens is 4. The Morgan fingerprint density at radius 3 is 1.70 bits per heavy atom. The van der Waals surface area contributed by atoms with E-state index in [0.717, 1.165) is 31.5 Å². The smallest absolute Gasteiger partial charge is 0.199 e. The molecular weight excluding hydrogens is 840 g/mol. The molecule has 2 rings (SSSR count). The Balaban J connectivity index is 0.000000303. The van der Waals surface area contributed by atoms with E-state index in [2.05, 4.69) is 90.4 Å². The van der Waals surface area contributed by atoms with Gasteiger partial charge in [-0.15, -0.1) is 0 Å². The molecule has 0 N–H and O–H groups in total. The topological polar surface area (TPSA) is 84.5 Å². The Labute approximate surface area is 230 Å². The second kappa shape index (κ2) is 14.4. The highest BCUT2D eigenvalue weighted by Gasteiger charge is 2.10. The van der Waals surface area contributed by atoms with E-state index in [1.807, 2.05) is 36.4 Å². The van der Waals surface area contributed by atoms with Gasteiger partial charge in [0.1, 0.15) is 35.1 Å². The highest BCUT2D eigenvalue weighted by molar-refractivity contribution is 14.1. The van der Waals surface area contributed by atoms with Gasteiger partial charge in [0.05, 0.1) is 28.5 Å². The van der Waals surface area contributed by atoms with Gasteiger partial charge in [0.15, 0.2) is 12.4 Å². The van der Waals surface area contributed by atoms with Gasteiger partial charge in [-0.3, -0.25) is 0 Å². The van der Waals surface area contributed by atoms with Crippen molar-refractivity contribution in [3.05, 3.63) is 50.4 Å². The largest absolute Gasteiger partial charge is 0.496 e. The molecule has 0 radical (unpaired) electrons. The highest BCUT2D eigenvalue weighted by atomic mass is 127. The van der Waals surface area contributed by atoms with Crippen LogP contribution < -0.4 is 18.9 Å². The first kappa shape index (κ1) is 27.3. The summed E-state index contributed by atoms with van der Waals surface area (Å²) < 4.78 is 24.8. The van der Waals surface area contributed by atoms with Gasteiger partial charge < -0.3 is 18.9 Å². The average molecular weight is 856 g/mol. The average Bonchev–Trinajstić information content (AvgIpc) is 2.74. The van der Waals surface area contributed by atoms with E-state index in [9.17, 15) is 0 Å². The maximum Gasteiger partial charge on any atom is 0.199 e. The zero-order chi connectivity index (χ0) is 22.7. The van der Waals surface area contributed by atoms with Crippen molar-refractivity contribution in [3.8, 4) is 35.1 Å². The number of hydrogen-bond donors (Lipinski definition) is 0. The highest BCUT2D eigenvalue weighted by Crippen LogP contribution is 2.32. The zero-order valence-electron chi connectivity index (χ0n) is 16.1. The summed E-state index contributed by atoms with van der Waals surface area (Å²) in [6, 6.07) is 11.4. The molecule has 0 amide bonds. The molecule has 0 spiro atoms. The minimum atomic E-state index is 0.0679. The standard InChI is InChI=1S/C11H9I2NO2.C9H7I2NO2/c1-3-7(6-14)16-11-5-8(12)10(15-2)4-9(11)13;1-13-8-4-7(11)9(5-6(8)10)14-3-2-12/h3-5H,1-2H3;4-5H,3H2,1H3. The minimum Gasteiger partial charge on any atom is -0.496 e. The molecule has 0 saturated carbocycles. The van der Waals surface area contributed by atoms with Crippen LogP contribution >= 0.6 is 90.4 Å². The summed E-state index contributed by atoms with van der Waals surface area (Å²) in [5, 5.41) is 17.2. The summed E-state index contributed by atoms with van der Waals surface area (Å²) in [4.78, 5) is 0. The molecule has 0 atom stereocenters. The minimum absolute atomic E-state index is 0.0679. The van der Waals surface area contributed by atoms with E-state index in [-0.39, 0.29) is 6.61 Å². The Morgan fingerprint density at radius 2 is 1.27 bits per heavy atom. The first-order valence-electron chi connectivity index (χ1n) is 8.11. The van der Waals surface area contributed by atoms with Crippen molar-refractivity contribution in [2.45, 2.75) is 6.92 Å². The lowest BCUT2D eigenvalue weighted by Crippen LogP contribution is -1.97. The summed E-state index contributed by atoms with van der Waals surface area (Å²) in [5.74, 6) is 3.30. The van der Waals surface area contributed by atoms with Crippen molar-refractivity contribution in [2.24, 2.45) is 0 Å². The third-order valence-electron chi connectivity index (χ3n) is 3.30. The Hall–Kier alpha value is -0.720. The molecule has 0 saturated heterocycles. The summed E-state index contributed by atoms with van der Waals surface area (Å²) in [5.41, 5.74) is 0. The number of benzene rings is 2. The molecule has 0 aliphatic rings. The second-order valence-corrected chi connectivity index (χ2v) is 9.80. The molecule has 0 bridgehead atoms. The molecule has 30 heavy (non-hydrogen) atoms. The van der Waals surface area contributed by atoms with Gasteiger partial charge in [-0.25, -0.2) is 0 Å². The zero-order valence-corrected chi connectivity index (χ0v) is 24.8. The molecule has 2 aromatic rings. The van der Waals surface area contributed by atoms with Gasteiger partial charge in [-0.1, -0.05) is 0 Å². The van der Waals surface area contributed by atoms with E-state index in [1.165, 1.54) is 0 Å². The molecule has 6 nitrogen and oxygen atoms in total. The first-order chi connectivity index (χ1) is 14.3. The van der Waals surface area contributed by atoms with Gasteiger partial charge in [0.2, 0.25) is 0 Å². The number of ether oxygens (including phenoxy) is 4. The molecule has 0 aliphatic heterocycles. The molecule has 0 unspecified atom stereocenters. The maximum absolute atomic E-state index is 8.78. The van der Waals surface area contributed by atoms with Crippen LogP contribution in [-0.4, -0.2) is 20.8 Å². The van der Waals surface area contributed by atoms with Crippen molar-refractivity contribution in [1.82, 2.24) is 0 Å². The van der Waals surface area contributed by atoms with Gasteiger partial charge in [0, 0.05) is 0 Å². The lowest BCUT2D eigenvalue weighted by molar-refractivity contribution is 0.362. The van der Waals surface area contributed by atoms with Gasteiger partial charge in [-0.05, 0) is 128 Å². The van der Waals surface area contributed by atoms with E-state index < -0.39 is 0 Å². The number of methoxy groups -OCH3 is 2. The van der Waals surface area contributed by atoms with Gasteiger partial charge in [-0.2, -0.15) is 10.5 Å². The van der Waals surface area contributed by atoms with E-state index in [4.69, 9.17) is 29.5 Å². The lowest BCUT2D eigenvalue weighted by atomic mass is 10.3. The Kier molecular flexibility index (Phi) is 13.1. The van der Waals surface area contributed by atoms with Crippen molar-refractivity contribution in [1.29, 1.82) is 10.5 Å². The molecule has 10 heteroatoms. The van der Waals surface area contributed by atoms with Gasteiger partial charge in [0.25, 0.3) is 0 Å². The van der Waals surface area contributed by atoms with E-state index >= 15 is 0 Å². The third-order valence-corrected chi connectivity index (χ3v) is 6.67. The van der Waals surface area contributed by atoms with Crippen molar-refractivity contribution < 1.29 is 18.9 Å². The summed E-state index contributed by atoms with van der Waals surface area (Å²) in [6.07, 6.45) is 1.63. The first-order valence-corrected chi connectivity index (χ1v) is 12.4. The number of nitriles is 2. The Bertz CT molecular complexity index is 998. The van der Waals surface area contributed by atoms with E-state index in [0.29, 0.717) is 11.5 Å². The second-order valence-electron chi connectivity index (χ2n) is 5.15.